The van der Waals surface area contributed by atoms with Gasteiger partial charge in [-0.3, -0.25) is 19.2 Å². The lowest BCUT2D eigenvalue weighted by Gasteiger charge is -2.20. The standard InChI is InChI=1S/C24H25BN8O7S.C2H6/c1-40-19-13(23-28-10-16(41-23)21(36)27-8-7-26-11-34)3-2-4-14(19)29-15-9-17(30-20(35)12-5-6-12)32-33-18(15)22(37)31-24(25,38)39;1-2/h2-4,9-12,38-39H,5-8H2,1H3,(H,26,34)(H,27,36)(H,31,37)(H2,29,30,32,35);1-2H3. The molecule has 1 saturated carbocycles. The third-order valence-electron chi connectivity index (χ3n) is 5.59. The van der Waals surface area contributed by atoms with Gasteiger partial charge in [-0.15, -0.1) is 21.5 Å². The van der Waals surface area contributed by atoms with Gasteiger partial charge in [0, 0.05) is 25.1 Å². The SMILES string of the molecule is CC.[B]C(O)(O)NC(=O)c1nnc(NC(=O)C2CC2)cc1Nc1cccc(-c2ncc(C(=O)NCCNC=O)s2)c1OC. The minimum Gasteiger partial charge on any atom is -0.494 e. The van der Waals surface area contributed by atoms with E-state index in [0.29, 0.717) is 33.3 Å². The topological polar surface area (TPSA) is 217 Å². The van der Waals surface area contributed by atoms with Gasteiger partial charge < -0.3 is 41.5 Å². The van der Waals surface area contributed by atoms with Crippen molar-refractivity contribution < 1.29 is 34.1 Å². The van der Waals surface area contributed by atoms with Crippen LogP contribution in [-0.2, 0) is 9.59 Å². The third kappa shape index (κ3) is 9.19. The number of nitrogens with zero attached hydrogens (tertiary/aromatic N) is 3. The second-order valence-electron chi connectivity index (χ2n) is 8.80. The number of ether oxygens (including phenoxy) is 1. The maximum absolute atomic E-state index is 12.7. The summed E-state index contributed by atoms with van der Waals surface area (Å²) in [6, 6.07) is 6.40. The molecule has 1 aliphatic carbocycles. The number of anilines is 3. The number of nitrogens with one attached hydrogen (secondary N) is 5. The maximum Gasteiger partial charge on any atom is 0.277 e. The summed E-state index contributed by atoms with van der Waals surface area (Å²) >= 11 is 1.11. The lowest BCUT2D eigenvalue weighted by Crippen LogP contribution is -2.49. The molecule has 17 heteroatoms. The minimum atomic E-state index is -3.02. The Kier molecular flexibility index (Phi) is 11.5. The number of hydrogen-bond acceptors (Lipinski definition) is 12. The second-order valence-corrected chi connectivity index (χ2v) is 9.84. The van der Waals surface area contributed by atoms with Crippen molar-refractivity contribution in [1.29, 1.82) is 0 Å². The molecule has 0 spiro atoms. The Labute approximate surface area is 252 Å². The minimum absolute atomic E-state index is 0.0337. The molecule has 7 N–H and O–H groups in total. The molecule has 0 saturated heterocycles. The van der Waals surface area contributed by atoms with Crippen molar-refractivity contribution in [3.63, 3.8) is 0 Å². The van der Waals surface area contributed by atoms with Gasteiger partial charge in [-0.25, -0.2) is 4.98 Å². The van der Waals surface area contributed by atoms with Gasteiger partial charge in [0.2, 0.25) is 12.3 Å². The van der Waals surface area contributed by atoms with Gasteiger partial charge in [-0.05, 0) is 25.0 Å². The number of aliphatic hydroxyl groups is 2. The van der Waals surface area contributed by atoms with Gasteiger partial charge in [0.05, 0.1) is 30.2 Å². The first-order valence-electron chi connectivity index (χ1n) is 13.2. The fourth-order valence-corrected chi connectivity index (χ4v) is 4.44. The van der Waals surface area contributed by atoms with E-state index in [1.54, 1.807) is 23.5 Å². The molecule has 0 atom stereocenters. The summed E-state index contributed by atoms with van der Waals surface area (Å²) in [5, 5.41) is 39.6. The molecular weight excluding hydrogens is 579 g/mol. The van der Waals surface area contributed by atoms with Crippen molar-refractivity contribution in [3.05, 3.63) is 41.0 Å². The number of rotatable bonds is 13. The fraction of sp³-hybridized carbons (Fsp3) is 0.346. The Bertz CT molecular complexity index is 1460. The number of benzene rings is 1. The molecule has 1 aromatic carbocycles. The third-order valence-corrected chi connectivity index (χ3v) is 6.62. The molecule has 3 aromatic rings. The first-order valence-corrected chi connectivity index (χ1v) is 14.0. The van der Waals surface area contributed by atoms with Gasteiger partial charge in [-0.1, -0.05) is 19.9 Å². The largest absolute Gasteiger partial charge is 0.494 e. The van der Waals surface area contributed by atoms with Crippen LogP contribution in [0.25, 0.3) is 10.6 Å². The van der Waals surface area contributed by atoms with Crippen LogP contribution in [0.1, 0.15) is 46.8 Å². The highest BCUT2D eigenvalue weighted by atomic mass is 32.1. The predicted molar refractivity (Wildman–Crippen MR) is 159 cm³/mol. The average Bonchev–Trinajstić information content (AvgIpc) is 3.72. The number of thiazole rings is 1. The molecule has 0 aliphatic heterocycles. The number of carbonyl (C=O) groups is 4. The van der Waals surface area contributed by atoms with E-state index < -0.39 is 11.7 Å². The van der Waals surface area contributed by atoms with Crippen molar-refractivity contribution in [1.82, 2.24) is 31.1 Å². The van der Waals surface area contributed by atoms with Crippen molar-refractivity contribution in [2.45, 2.75) is 32.5 Å². The molecule has 4 rings (SSSR count). The number of amides is 4. The van der Waals surface area contributed by atoms with Gasteiger partial charge in [-0.2, -0.15) is 0 Å². The molecule has 4 amide bonds. The van der Waals surface area contributed by atoms with Crippen molar-refractivity contribution in [2.75, 3.05) is 30.8 Å². The number of methoxy groups -OCH3 is 1. The van der Waals surface area contributed by atoms with Crippen LogP contribution in [0.4, 0.5) is 17.2 Å². The normalized spacial score (nSPS) is 12.2. The van der Waals surface area contributed by atoms with Crippen LogP contribution < -0.4 is 31.3 Å². The van der Waals surface area contributed by atoms with E-state index in [0.717, 1.165) is 24.2 Å². The van der Waals surface area contributed by atoms with E-state index in [4.69, 9.17) is 12.6 Å². The summed E-state index contributed by atoms with van der Waals surface area (Å²) in [6.07, 6.45) is 3.47. The zero-order chi connectivity index (χ0) is 31.6. The van der Waals surface area contributed by atoms with E-state index in [9.17, 15) is 29.4 Å². The smallest absolute Gasteiger partial charge is 0.277 e. The van der Waals surface area contributed by atoms with Gasteiger partial charge in [0.1, 0.15) is 9.88 Å². The van der Waals surface area contributed by atoms with Crippen LogP contribution >= 0.6 is 11.3 Å². The zero-order valence-electron chi connectivity index (χ0n) is 23.6. The molecule has 2 radical (unpaired) electrons. The van der Waals surface area contributed by atoms with E-state index in [1.165, 1.54) is 19.4 Å². The summed E-state index contributed by atoms with van der Waals surface area (Å²) in [5.41, 5.74) is 0.536. The van der Waals surface area contributed by atoms with Crippen LogP contribution in [-0.4, -0.2) is 83.4 Å². The highest BCUT2D eigenvalue weighted by Gasteiger charge is 2.30. The first kappa shape index (κ1) is 32.9. The van der Waals surface area contributed by atoms with Crippen LogP contribution in [0.2, 0.25) is 0 Å². The summed E-state index contributed by atoms with van der Waals surface area (Å²) in [7, 11) is 6.51. The summed E-state index contributed by atoms with van der Waals surface area (Å²) < 4.78 is 5.64. The predicted octanol–water partition coefficient (Wildman–Crippen LogP) is 0.697. The molecule has 226 valence electrons. The van der Waals surface area contributed by atoms with Crippen LogP contribution in [0, 0.1) is 5.92 Å². The number of carbonyl (C=O) groups excluding carboxylic acids is 4. The highest BCUT2D eigenvalue weighted by Crippen LogP contribution is 2.40. The molecular formula is C26H31BN8O7S. The summed E-state index contributed by atoms with van der Waals surface area (Å²) in [4.78, 5) is 52.4. The van der Waals surface area contributed by atoms with Gasteiger partial charge in [0.15, 0.2) is 30.9 Å². The van der Waals surface area contributed by atoms with Gasteiger partial charge in [0.25, 0.3) is 11.8 Å². The lowest BCUT2D eigenvalue weighted by molar-refractivity contribution is -0.117. The number of aromatic nitrogens is 3. The van der Waals surface area contributed by atoms with Crippen molar-refractivity contribution in [2.24, 2.45) is 5.92 Å². The Balaban J connectivity index is 0.00000248. The monoisotopic (exact) mass is 610 g/mol. The zero-order valence-corrected chi connectivity index (χ0v) is 24.4. The Morgan fingerprint density at radius 2 is 1.88 bits per heavy atom. The van der Waals surface area contributed by atoms with Crippen molar-refractivity contribution >= 4 is 60.5 Å². The summed E-state index contributed by atoms with van der Waals surface area (Å²) in [6.45, 7) is 4.52. The van der Waals surface area contributed by atoms with E-state index in [1.807, 2.05) is 13.8 Å². The molecule has 1 aliphatic rings. The van der Waals surface area contributed by atoms with E-state index in [-0.39, 0.29) is 48.0 Å². The summed E-state index contributed by atoms with van der Waals surface area (Å²) in [5.74, 6) is -4.45. The quantitative estimate of drug-likeness (QED) is 0.0618. The first-order chi connectivity index (χ1) is 20.6. The van der Waals surface area contributed by atoms with Gasteiger partial charge >= 0.3 is 0 Å². The Morgan fingerprint density at radius 3 is 2.53 bits per heavy atom. The Morgan fingerprint density at radius 1 is 1.14 bits per heavy atom. The lowest BCUT2D eigenvalue weighted by atomic mass is 10.0. The molecule has 0 bridgehead atoms. The van der Waals surface area contributed by atoms with Crippen LogP contribution in [0.3, 0.4) is 0 Å². The maximum atomic E-state index is 12.7. The Hall–Kier alpha value is -4.61. The van der Waals surface area contributed by atoms with Crippen LogP contribution in [0.5, 0.6) is 5.75 Å². The average molecular weight is 610 g/mol. The molecule has 43 heavy (non-hydrogen) atoms. The fourth-order valence-electron chi connectivity index (χ4n) is 3.58. The number of hydrogen-bond donors (Lipinski definition) is 7. The molecule has 1 fully saturated rings. The van der Waals surface area contributed by atoms with Crippen molar-refractivity contribution in [3.8, 4) is 16.3 Å². The molecule has 0 unspecified atom stereocenters. The van der Waals surface area contributed by atoms with Crippen LogP contribution in [0.15, 0.2) is 30.5 Å². The highest BCUT2D eigenvalue weighted by molar-refractivity contribution is 7.17. The molecule has 2 heterocycles. The molecule has 15 nitrogen and oxygen atoms in total. The molecule has 2 aromatic heterocycles. The van der Waals surface area contributed by atoms with E-state index >= 15 is 0 Å². The second kappa shape index (κ2) is 15.0. The van der Waals surface area contributed by atoms with E-state index in [2.05, 4.69) is 36.4 Å². The number of para-hydroxylation sites is 1.